The van der Waals surface area contributed by atoms with E-state index in [2.05, 4.69) is 14.7 Å². The highest BCUT2D eigenvalue weighted by Crippen LogP contribution is 1.84. The summed E-state index contributed by atoms with van der Waals surface area (Å²) in [6, 6.07) is 0. The van der Waals surface area contributed by atoms with E-state index < -0.39 is 11.4 Å². The zero-order valence-corrected chi connectivity index (χ0v) is 8.11. The van der Waals surface area contributed by atoms with E-state index in [1.54, 1.807) is 6.92 Å². The molecule has 1 aromatic heterocycles. The number of ether oxygens (including phenoxy) is 1. The topological polar surface area (TPSA) is 92.3 Å². The van der Waals surface area contributed by atoms with Crippen LogP contribution >= 0.6 is 11.6 Å². The Balaban J connectivity index is 0.000000255. The van der Waals surface area contributed by atoms with Crippen LogP contribution in [0.5, 0.6) is 0 Å². The lowest BCUT2D eigenvalue weighted by Crippen LogP contribution is -1.97. The van der Waals surface area contributed by atoms with Gasteiger partial charge in [-0.3, -0.25) is 0 Å². The predicted octanol–water partition coefficient (Wildman–Crippen LogP) is 1.49. The second-order valence-corrected chi connectivity index (χ2v) is 2.22. The second kappa shape index (κ2) is 6.90. The van der Waals surface area contributed by atoms with E-state index in [-0.39, 0.29) is 5.82 Å². The number of carbonyl (C=O) groups excluding carboxylic acids is 1. The molecular weight excluding hydrogens is 212 g/mol. The minimum absolute atomic E-state index is 0.0231. The smallest absolute Gasteiger partial charge is 0.403 e. The molecule has 0 aromatic carbocycles. The average molecular weight is 221 g/mol. The molecule has 14 heavy (non-hydrogen) atoms. The summed E-state index contributed by atoms with van der Waals surface area (Å²) in [7, 11) is 0. The summed E-state index contributed by atoms with van der Waals surface area (Å²) >= 11 is 4.72. The third-order valence-electron chi connectivity index (χ3n) is 0.959. The quantitative estimate of drug-likeness (QED) is 0.737. The Kier molecular flexibility index (Phi) is 6.13. The van der Waals surface area contributed by atoms with E-state index in [0.717, 1.165) is 0 Å². The Labute approximate surface area is 84.9 Å². The van der Waals surface area contributed by atoms with Gasteiger partial charge in [-0.1, -0.05) is 0 Å². The van der Waals surface area contributed by atoms with Crippen LogP contribution in [0.1, 0.15) is 17.5 Å². The van der Waals surface area contributed by atoms with Gasteiger partial charge >= 0.3 is 11.4 Å². The van der Waals surface area contributed by atoms with Gasteiger partial charge in [0.15, 0.2) is 0 Å². The summed E-state index contributed by atoms with van der Waals surface area (Å²) in [6.45, 7) is 2.04. The number of hydrogen-bond donors (Lipinski definition) is 2. The van der Waals surface area contributed by atoms with Crippen molar-refractivity contribution in [2.75, 3.05) is 6.61 Å². The van der Waals surface area contributed by atoms with Crippen LogP contribution in [0.15, 0.2) is 12.4 Å². The van der Waals surface area contributed by atoms with Crippen molar-refractivity contribution in [3.8, 4) is 0 Å². The zero-order chi connectivity index (χ0) is 11.0. The maximum Gasteiger partial charge on any atom is 0.403 e. The maximum atomic E-state index is 9.97. The summed E-state index contributed by atoms with van der Waals surface area (Å²) in [4.78, 5) is 25.4. The minimum Gasteiger partial charge on any atom is -0.475 e. The number of hydrogen-bond acceptors (Lipinski definition) is 4. The van der Waals surface area contributed by atoms with E-state index in [1.165, 1.54) is 12.4 Å². The molecule has 0 amide bonds. The molecule has 0 bridgehead atoms. The highest BCUT2D eigenvalue weighted by atomic mass is 35.5. The number of nitrogens with zero attached hydrogens (tertiary/aromatic N) is 1. The van der Waals surface area contributed by atoms with Crippen molar-refractivity contribution in [1.82, 2.24) is 9.97 Å². The van der Waals surface area contributed by atoms with Crippen molar-refractivity contribution in [2.24, 2.45) is 0 Å². The fraction of sp³-hybridized carbons (Fsp3) is 0.286. The van der Waals surface area contributed by atoms with Gasteiger partial charge in [-0.25, -0.2) is 14.6 Å². The summed E-state index contributed by atoms with van der Waals surface area (Å²) < 4.78 is 4.17. The summed E-state index contributed by atoms with van der Waals surface area (Å²) in [5, 5.41) is 8.18. The molecule has 1 heterocycles. The highest BCUT2D eigenvalue weighted by molar-refractivity contribution is 6.61. The van der Waals surface area contributed by atoms with Crippen LogP contribution in [0.2, 0.25) is 0 Å². The standard InChI is InChI=1S/C4H4N2O2.C3H5ClO2/c7-4(8)3-5-1-2-6-3;1-2-6-3(4)5/h1-2H,(H,5,6)(H,7,8);2H2,1H3. The number of rotatable bonds is 2. The highest BCUT2D eigenvalue weighted by Gasteiger charge is 2.00. The van der Waals surface area contributed by atoms with Crippen molar-refractivity contribution in [2.45, 2.75) is 6.92 Å². The number of nitrogens with one attached hydrogen (secondary N) is 1. The molecule has 78 valence electrons. The van der Waals surface area contributed by atoms with Crippen LogP contribution in [0.4, 0.5) is 4.79 Å². The van der Waals surface area contributed by atoms with Gasteiger partial charge in [-0.05, 0) is 6.92 Å². The number of carboxylic acids is 1. The van der Waals surface area contributed by atoms with Crippen LogP contribution in [-0.4, -0.2) is 33.1 Å². The third-order valence-corrected chi connectivity index (χ3v) is 1.07. The van der Waals surface area contributed by atoms with Crippen LogP contribution in [-0.2, 0) is 4.74 Å². The normalized spacial score (nSPS) is 8.43. The second-order valence-electron chi connectivity index (χ2n) is 1.91. The summed E-state index contributed by atoms with van der Waals surface area (Å²) in [6.07, 6.45) is 2.85. The van der Waals surface area contributed by atoms with Crippen LogP contribution in [0.3, 0.4) is 0 Å². The molecule has 7 heteroatoms. The molecule has 0 saturated heterocycles. The number of halogens is 1. The predicted molar refractivity (Wildman–Crippen MR) is 48.4 cm³/mol. The van der Waals surface area contributed by atoms with E-state index in [4.69, 9.17) is 16.7 Å². The van der Waals surface area contributed by atoms with Gasteiger partial charge in [0.05, 0.1) is 6.61 Å². The van der Waals surface area contributed by atoms with E-state index in [0.29, 0.717) is 6.61 Å². The SMILES string of the molecule is CCOC(=O)Cl.O=C(O)c1ncc[nH]1. The van der Waals surface area contributed by atoms with E-state index in [1.807, 2.05) is 0 Å². The lowest BCUT2D eigenvalue weighted by atomic mass is 10.7. The van der Waals surface area contributed by atoms with Crippen molar-refractivity contribution < 1.29 is 19.4 Å². The molecular formula is C7H9ClN2O4. The molecule has 0 atom stereocenters. The van der Waals surface area contributed by atoms with Crippen LogP contribution < -0.4 is 0 Å². The summed E-state index contributed by atoms with van der Waals surface area (Å²) in [5.74, 6) is -1.06. The fourth-order valence-corrected chi connectivity index (χ4v) is 0.605. The molecule has 6 nitrogen and oxygen atoms in total. The van der Waals surface area contributed by atoms with Crippen molar-refractivity contribution >= 4 is 23.0 Å². The lowest BCUT2D eigenvalue weighted by molar-refractivity contribution is 0.0684. The van der Waals surface area contributed by atoms with Crippen molar-refractivity contribution in [3.63, 3.8) is 0 Å². The Morgan fingerprint density at radius 2 is 2.36 bits per heavy atom. The van der Waals surface area contributed by atoms with Gasteiger partial charge in [-0.2, -0.15) is 0 Å². The molecule has 0 unspecified atom stereocenters. The van der Waals surface area contributed by atoms with E-state index >= 15 is 0 Å². The fourth-order valence-electron chi connectivity index (χ4n) is 0.496. The molecule has 0 fully saturated rings. The van der Waals surface area contributed by atoms with Gasteiger partial charge in [0, 0.05) is 24.0 Å². The number of aromatic nitrogens is 2. The van der Waals surface area contributed by atoms with Gasteiger partial charge in [-0.15, -0.1) is 0 Å². The van der Waals surface area contributed by atoms with Crippen LogP contribution in [0.25, 0.3) is 0 Å². The first-order valence-corrected chi connectivity index (χ1v) is 4.00. The monoisotopic (exact) mass is 220 g/mol. The number of imidazole rings is 1. The van der Waals surface area contributed by atoms with E-state index in [9.17, 15) is 9.59 Å². The Bertz CT molecular complexity index is 286. The molecule has 1 rings (SSSR count). The Morgan fingerprint density at radius 3 is 2.50 bits per heavy atom. The van der Waals surface area contributed by atoms with Crippen LogP contribution in [0, 0.1) is 0 Å². The number of aromatic carboxylic acids is 1. The molecule has 1 aromatic rings. The molecule has 2 N–H and O–H groups in total. The average Bonchev–Trinajstić information content (AvgIpc) is 2.56. The largest absolute Gasteiger partial charge is 0.475 e. The Morgan fingerprint density at radius 1 is 1.71 bits per heavy atom. The maximum absolute atomic E-state index is 9.97. The van der Waals surface area contributed by atoms with Gasteiger partial charge < -0.3 is 14.8 Å². The first-order valence-electron chi connectivity index (χ1n) is 3.62. The van der Waals surface area contributed by atoms with Gasteiger partial charge in [0.25, 0.3) is 0 Å². The Hall–Kier alpha value is -1.56. The molecule has 0 aliphatic rings. The van der Waals surface area contributed by atoms with Gasteiger partial charge in [0.1, 0.15) is 0 Å². The minimum atomic E-state index is -1.03. The lowest BCUT2D eigenvalue weighted by Gasteiger charge is -1.86. The molecule has 0 aliphatic heterocycles. The zero-order valence-electron chi connectivity index (χ0n) is 7.36. The number of H-pyrrole nitrogens is 1. The molecule has 0 saturated carbocycles. The summed E-state index contributed by atoms with van der Waals surface area (Å²) in [5.41, 5.74) is -0.738. The number of aromatic amines is 1. The molecule has 0 aliphatic carbocycles. The molecule has 0 radical (unpaired) electrons. The van der Waals surface area contributed by atoms with Crippen molar-refractivity contribution in [3.05, 3.63) is 18.2 Å². The number of carbonyl (C=O) groups is 2. The first-order chi connectivity index (χ1) is 6.57. The third kappa shape index (κ3) is 6.01. The molecule has 0 spiro atoms. The van der Waals surface area contributed by atoms with Crippen molar-refractivity contribution in [1.29, 1.82) is 0 Å². The van der Waals surface area contributed by atoms with Gasteiger partial charge in [0.2, 0.25) is 5.82 Å². The first kappa shape index (κ1) is 12.4. The number of carboxylic acid groups (broad SMARTS) is 1.